The van der Waals surface area contributed by atoms with E-state index >= 15 is 0 Å². The van der Waals surface area contributed by atoms with Gasteiger partial charge in [0.05, 0.1) is 25.2 Å². The van der Waals surface area contributed by atoms with E-state index in [0.717, 1.165) is 5.57 Å². The summed E-state index contributed by atoms with van der Waals surface area (Å²) in [4.78, 5) is 26.9. The fourth-order valence-corrected chi connectivity index (χ4v) is 4.58. The molecule has 5 atom stereocenters. The lowest BCUT2D eigenvalue weighted by atomic mass is 9.74. The standard InChI is InChI=1S/C20H21NO5/c1-11(2)9-15-20-8-7-14(26-20)16(19(23)24)17(20)18(22)21(15)12-5-4-6-13(10-12)25-3/h4-8,10,14-17H,1,9H2,2-3H3,(H,23,24)/t14-,15-,16+,17-,20+/m0/s1. The minimum atomic E-state index is -0.999. The minimum Gasteiger partial charge on any atom is -0.497 e. The van der Waals surface area contributed by atoms with Crippen molar-refractivity contribution >= 4 is 17.6 Å². The number of carbonyl (C=O) groups is 2. The third-order valence-electron chi connectivity index (χ3n) is 5.58. The molecule has 2 bridgehead atoms. The molecule has 1 N–H and O–H groups in total. The van der Waals surface area contributed by atoms with Crippen molar-refractivity contribution in [3.05, 3.63) is 48.6 Å². The van der Waals surface area contributed by atoms with Gasteiger partial charge < -0.3 is 19.5 Å². The van der Waals surface area contributed by atoms with E-state index in [2.05, 4.69) is 6.58 Å². The second-order valence-corrected chi connectivity index (χ2v) is 7.22. The first-order valence-electron chi connectivity index (χ1n) is 8.60. The van der Waals surface area contributed by atoms with Gasteiger partial charge in [0.25, 0.3) is 0 Å². The Balaban J connectivity index is 1.84. The highest BCUT2D eigenvalue weighted by Gasteiger charge is 2.71. The number of benzene rings is 1. The van der Waals surface area contributed by atoms with Crippen LogP contribution in [0.5, 0.6) is 5.75 Å². The molecule has 0 unspecified atom stereocenters. The molecule has 3 aliphatic rings. The van der Waals surface area contributed by atoms with Crippen LogP contribution in [0.4, 0.5) is 5.69 Å². The van der Waals surface area contributed by atoms with E-state index in [1.807, 2.05) is 25.1 Å². The number of hydrogen-bond acceptors (Lipinski definition) is 4. The number of fused-ring (bicyclic) bond motifs is 1. The Labute approximate surface area is 151 Å². The second-order valence-electron chi connectivity index (χ2n) is 7.22. The molecule has 2 saturated heterocycles. The quantitative estimate of drug-likeness (QED) is 0.821. The van der Waals surface area contributed by atoms with Crippen molar-refractivity contribution in [1.82, 2.24) is 0 Å². The Bertz CT molecular complexity index is 831. The van der Waals surface area contributed by atoms with Crippen LogP contribution in [0.1, 0.15) is 13.3 Å². The average Bonchev–Trinajstić information content (AvgIpc) is 3.24. The highest BCUT2D eigenvalue weighted by atomic mass is 16.5. The molecule has 6 heteroatoms. The molecule has 1 aromatic rings. The number of carboxylic acids is 1. The third kappa shape index (κ3) is 2.15. The average molecular weight is 355 g/mol. The number of amides is 1. The molecule has 4 rings (SSSR count). The van der Waals surface area contributed by atoms with Gasteiger partial charge in [-0.05, 0) is 25.5 Å². The molecule has 6 nitrogen and oxygen atoms in total. The molecule has 3 heterocycles. The molecule has 1 amide bonds. The van der Waals surface area contributed by atoms with E-state index in [-0.39, 0.29) is 11.9 Å². The highest BCUT2D eigenvalue weighted by molar-refractivity contribution is 6.03. The van der Waals surface area contributed by atoms with Crippen LogP contribution in [0.15, 0.2) is 48.6 Å². The molecular formula is C20H21NO5. The van der Waals surface area contributed by atoms with Gasteiger partial charge in [-0.25, -0.2) is 0 Å². The van der Waals surface area contributed by atoms with E-state index in [1.54, 1.807) is 30.2 Å². The Kier molecular flexibility index (Phi) is 3.70. The molecule has 1 aromatic carbocycles. The molecule has 1 spiro atoms. The lowest BCUT2D eigenvalue weighted by Gasteiger charge is -2.33. The lowest BCUT2D eigenvalue weighted by Crippen LogP contribution is -2.45. The molecule has 136 valence electrons. The number of ether oxygens (including phenoxy) is 2. The molecule has 2 fully saturated rings. The third-order valence-corrected chi connectivity index (χ3v) is 5.58. The van der Waals surface area contributed by atoms with Crippen LogP contribution in [-0.4, -0.2) is 41.8 Å². The smallest absolute Gasteiger partial charge is 0.310 e. The van der Waals surface area contributed by atoms with Gasteiger partial charge in [-0.15, -0.1) is 6.58 Å². The van der Waals surface area contributed by atoms with Crippen LogP contribution in [-0.2, 0) is 14.3 Å². The maximum Gasteiger partial charge on any atom is 0.310 e. The zero-order chi connectivity index (χ0) is 18.6. The SMILES string of the molecule is C=C(C)C[C@@H]1N(c2cccc(OC)c2)C(=O)[C@@H]2[C@H](C(=O)O)[C@@H]3C=C[C@]21O3. The van der Waals surface area contributed by atoms with E-state index in [1.165, 1.54) is 0 Å². The summed E-state index contributed by atoms with van der Waals surface area (Å²) in [5.74, 6) is -2.18. The van der Waals surface area contributed by atoms with Crippen molar-refractivity contribution in [3.63, 3.8) is 0 Å². The first-order chi connectivity index (χ1) is 12.4. The summed E-state index contributed by atoms with van der Waals surface area (Å²) in [6.45, 7) is 5.89. The number of rotatable bonds is 5. The van der Waals surface area contributed by atoms with Gasteiger partial charge in [0.1, 0.15) is 17.3 Å². The maximum atomic E-state index is 13.4. The Hall–Kier alpha value is -2.60. The Morgan fingerprint density at radius 1 is 1.46 bits per heavy atom. The van der Waals surface area contributed by atoms with E-state index in [4.69, 9.17) is 9.47 Å². The zero-order valence-corrected chi connectivity index (χ0v) is 14.7. The highest BCUT2D eigenvalue weighted by Crippen LogP contribution is 2.56. The Morgan fingerprint density at radius 3 is 2.88 bits per heavy atom. The maximum absolute atomic E-state index is 13.4. The van der Waals surface area contributed by atoms with Crippen LogP contribution in [0.3, 0.4) is 0 Å². The Morgan fingerprint density at radius 2 is 2.23 bits per heavy atom. The first kappa shape index (κ1) is 16.8. The molecule has 0 aliphatic carbocycles. The first-order valence-corrected chi connectivity index (χ1v) is 8.60. The molecule has 26 heavy (non-hydrogen) atoms. The normalized spacial score (nSPS) is 34.2. The van der Waals surface area contributed by atoms with Crippen LogP contribution in [0.25, 0.3) is 0 Å². The molecule has 0 saturated carbocycles. The van der Waals surface area contributed by atoms with Crippen molar-refractivity contribution in [1.29, 1.82) is 0 Å². The topological polar surface area (TPSA) is 76.1 Å². The molecule has 0 radical (unpaired) electrons. The van der Waals surface area contributed by atoms with Gasteiger partial charge in [-0.1, -0.05) is 23.8 Å². The summed E-state index contributed by atoms with van der Waals surface area (Å²) in [7, 11) is 1.57. The molecule has 0 aromatic heterocycles. The number of anilines is 1. The van der Waals surface area contributed by atoms with Gasteiger partial charge in [-0.3, -0.25) is 9.59 Å². The van der Waals surface area contributed by atoms with Gasteiger partial charge >= 0.3 is 5.97 Å². The van der Waals surface area contributed by atoms with Gasteiger partial charge in [0.15, 0.2) is 0 Å². The van der Waals surface area contributed by atoms with Crippen molar-refractivity contribution in [2.45, 2.75) is 31.1 Å². The molecular weight excluding hydrogens is 334 g/mol. The number of hydrogen-bond donors (Lipinski definition) is 1. The summed E-state index contributed by atoms with van der Waals surface area (Å²) in [5.41, 5.74) is 0.659. The lowest BCUT2D eigenvalue weighted by molar-refractivity contribution is -0.146. The number of carboxylic acid groups (broad SMARTS) is 1. The van der Waals surface area contributed by atoms with E-state index in [9.17, 15) is 14.7 Å². The number of carbonyl (C=O) groups excluding carboxylic acids is 1. The fourth-order valence-electron chi connectivity index (χ4n) is 4.58. The second kappa shape index (κ2) is 5.71. The number of methoxy groups -OCH3 is 1. The summed E-state index contributed by atoms with van der Waals surface area (Å²) >= 11 is 0. The van der Waals surface area contributed by atoms with Crippen LogP contribution in [0, 0.1) is 11.8 Å². The predicted molar refractivity (Wildman–Crippen MR) is 95.1 cm³/mol. The summed E-state index contributed by atoms with van der Waals surface area (Å²) < 4.78 is 11.4. The van der Waals surface area contributed by atoms with Gasteiger partial charge in [0.2, 0.25) is 5.91 Å². The van der Waals surface area contributed by atoms with E-state index in [0.29, 0.717) is 17.9 Å². The number of aliphatic carboxylic acids is 1. The number of nitrogens with zero attached hydrogens (tertiary/aromatic N) is 1. The van der Waals surface area contributed by atoms with Gasteiger partial charge in [0, 0.05) is 11.8 Å². The van der Waals surface area contributed by atoms with E-state index < -0.39 is 29.5 Å². The minimum absolute atomic E-state index is 0.219. The molecule has 3 aliphatic heterocycles. The van der Waals surface area contributed by atoms with Crippen molar-refractivity contribution < 1.29 is 24.2 Å². The summed E-state index contributed by atoms with van der Waals surface area (Å²) in [5, 5.41) is 9.68. The van der Waals surface area contributed by atoms with Crippen molar-refractivity contribution in [2.75, 3.05) is 12.0 Å². The van der Waals surface area contributed by atoms with Gasteiger partial charge in [-0.2, -0.15) is 0 Å². The van der Waals surface area contributed by atoms with Crippen molar-refractivity contribution in [3.8, 4) is 5.75 Å². The van der Waals surface area contributed by atoms with Crippen LogP contribution >= 0.6 is 0 Å². The summed E-state index contributed by atoms with van der Waals surface area (Å²) in [6, 6.07) is 6.89. The van der Waals surface area contributed by atoms with Crippen LogP contribution in [0.2, 0.25) is 0 Å². The fraction of sp³-hybridized carbons (Fsp3) is 0.400. The van der Waals surface area contributed by atoms with Crippen LogP contribution < -0.4 is 9.64 Å². The van der Waals surface area contributed by atoms with Crippen molar-refractivity contribution in [2.24, 2.45) is 11.8 Å². The predicted octanol–water partition coefficient (Wildman–Crippen LogP) is 2.40. The summed E-state index contributed by atoms with van der Waals surface area (Å²) in [6.07, 6.45) is 3.64. The largest absolute Gasteiger partial charge is 0.497 e. The monoisotopic (exact) mass is 355 g/mol. The zero-order valence-electron chi connectivity index (χ0n) is 14.7.